The molecule has 18 nitrogen and oxygen atoms in total. The highest BCUT2D eigenvalue weighted by molar-refractivity contribution is 7.96. The third kappa shape index (κ3) is 18.1. The summed E-state index contributed by atoms with van der Waals surface area (Å²) in [7, 11) is 0. The van der Waals surface area contributed by atoms with E-state index in [1.54, 1.807) is 65.8 Å². The maximum absolute atomic E-state index is 13.5. The highest BCUT2D eigenvalue weighted by Gasteiger charge is 2.30. The van der Waals surface area contributed by atoms with Crippen molar-refractivity contribution in [2.75, 3.05) is 31.6 Å². The molecule has 19 heteroatoms. The second-order valence-corrected chi connectivity index (χ2v) is 14.8. The van der Waals surface area contributed by atoms with Crippen molar-refractivity contribution in [1.82, 2.24) is 26.2 Å². The van der Waals surface area contributed by atoms with E-state index in [0.29, 0.717) is 24.1 Å². The van der Waals surface area contributed by atoms with Crippen molar-refractivity contribution in [2.24, 2.45) is 11.7 Å². The predicted molar refractivity (Wildman–Crippen MR) is 208 cm³/mol. The van der Waals surface area contributed by atoms with E-state index in [9.17, 15) is 38.4 Å². The Morgan fingerprint density at radius 2 is 1.48 bits per heavy atom. The van der Waals surface area contributed by atoms with Gasteiger partial charge in [0.25, 0.3) is 11.8 Å². The molecular weight excluding hydrogens is 751 g/mol. The van der Waals surface area contributed by atoms with Crippen LogP contribution in [0.5, 0.6) is 0 Å². The average molecular weight is 806 g/mol. The first-order valence-corrected chi connectivity index (χ1v) is 18.6. The SMILES string of the molecule is CC(C)C(NC(=O)CCC(C)(C)OCCOC(C)(C)NC(=O)CCN1C(=O)C=CC1=O)C(=O)N[C@@H](CCCNC(N)=O)C(=O)Nc1ccc(COC(=O)S)cc1. The Labute approximate surface area is 332 Å². The molecule has 0 saturated carbocycles. The van der Waals surface area contributed by atoms with Crippen molar-refractivity contribution in [3.63, 3.8) is 0 Å². The van der Waals surface area contributed by atoms with Crippen molar-refractivity contribution in [2.45, 2.75) is 104 Å². The van der Waals surface area contributed by atoms with Crippen LogP contribution in [-0.2, 0) is 49.6 Å². The van der Waals surface area contributed by atoms with Gasteiger partial charge in [0, 0.05) is 43.8 Å². The smallest absolute Gasteiger partial charge is 0.364 e. The Hall–Kier alpha value is -5.01. The number of benzene rings is 1. The number of carbonyl (C=O) groups is 8. The second-order valence-electron chi connectivity index (χ2n) is 14.5. The number of carbonyl (C=O) groups excluding carboxylic acids is 8. The first-order valence-electron chi connectivity index (χ1n) is 18.2. The summed E-state index contributed by atoms with van der Waals surface area (Å²) in [6.45, 7) is 10.8. The molecule has 7 N–H and O–H groups in total. The van der Waals surface area contributed by atoms with E-state index in [1.165, 1.54) is 0 Å². The molecule has 0 bridgehead atoms. The van der Waals surface area contributed by atoms with E-state index in [4.69, 9.17) is 19.9 Å². The highest BCUT2D eigenvalue weighted by atomic mass is 32.1. The number of nitrogens with one attached hydrogen (secondary N) is 5. The van der Waals surface area contributed by atoms with Crippen LogP contribution in [0.25, 0.3) is 0 Å². The molecule has 0 saturated heterocycles. The van der Waals surface area contributed by atoms with Crippen LogP contribution in [-0.4, -0.2) is 101 Å². The van der Waals surface area contributed by atoms with Gasteiger partial charge in [-0.15, -0.1) is 0 Å². The van der Waals surface area contributed by atoms with E-state index in [0.717, 1.165) is 17.1 Å². The molecule has 1 heterocycles. The summed E-state index contributed by atoms with van der Waals surface area (Å²) >= 11 is 3.56. The lowest BCUT2D eigenvalue weighted by Gasteiger charge is -2.29. The van der Waals surface area contributed by atoms with Gasteiger partial charge in [0.1, 0.15) is 24.4 Å². The number of ether oxygens (including phenoxy) is 3. The summed E-state index contributed by atoms with van der Waals surface area (Å²) < 4.78 is 16.6. The van der Waals surface area contributed by atoms with Crippen LogP contribution in [0.4, 0.5) is 15.3 Å². The molecule has 1 aliphatic rings. The number of nitrogens with zero attached hydrogens (tertiary/aromatic N) is 1. The maximum atomic E-state index is 13.5. The normalized spacial score (nSPS) is 13.9. The van der Waals surface area contributed by atoms with Gasteiger partial charge in [-0.25, -0.2) is 9.59 Å². The van der Waals surface area contributed by atoms with Gasteiger partial charge in [0.15, 0.2) is 0 Å². The monoisotopic (exact) mass is 805 g/mol. The molecule has 310 valence electrons. The van der Waals surface area contributed by atoms with E-state index in [-0.39, 0.29) is 58.1 Å². The Morgan fingerprint density at radius 3 is 2.07 bits per heavy atom. The molecule has 0 radical (unpaired) electrons. The topological polar surface area (TPSA) is 254 Å². The molecule has 8 amide bonds. The lowest BCUT2D eigenvalue weighted by Crippen LogP contribution is -2.54. The Balaban J connectivity index is 1.88. The zero-order valence-electron chi connectivity index (χ0n) is 32.7. The molecule has 2 rings (SSSR count). The molecule has 56 heavy (non-hydrogen) atoms. The number of hydrogen-bond acceptors (Lipinski definition) is 11. The minimum Gasteiger partial charge on any atom is -0.453 e. The van der Waals surface area contributed by atoms with Gasteiger partial charge < -0.3 is 46.5 Å². The number of rotatable bonds is 24. The number of urea groups is 1. The van der Waals surface area contributed by atoms with E-state index >= 15 is 0 Å². The number of anilines is 1. The molecule has 2 atom stereocenters. The Kier molecular flexibility index (Phi) is 19.0. The van der Waals surface area contributed by atoms with Crippen molar-refractivity contribution >= 4 is 65.1 Å². The first-order chi connectivity index (χ1) is 26.2. The van der Waals surface area contributed by atoms with Crippen LogP contribution in [0.15, 0.2) is 36.4 Å². The molecule has 0 spiro atoms. The Bertz CT molecular complexity index is 1580. The van der Waals surface area contributed by atoms with E-state index < -0.39 is 70.2 Å². The maximum Gasteiger partial charge on any atom is 0.364 e. The van der Waals surface area contributed by atoms with Crippen molar-refractivity contribution < 1.29 is 52.6 Å². The molecule has 1 unspecified atom stereocenters. The number of thiol groups is 1. The summed E-state index contributed by atoms with van der Waals surface area (Å²) in [4.78, 5) is 98.8. The van der Waals surface area contributed by atoms with Gasteiger partial charge in [-0.3, -0.25) is 33.7 Å². The molecule has 1 aromatic carbocycles. The summed E-state index contributed by atoms with van der Waals surface area (Å²) in [5.74, 6) is -3.18. The van der Waals surface area contributed by atoms with Crippen molar-refractivity contribution in [3.8, 4) is 0 Å². The summed E-state index contributed by atoms with van der Waals surface area (Å²) in [6.07, 6.45) is 2.99. The van der Waals surface area contributed by atoms with Crippen LogP contribution in [0, 0.1) is 5.92 Å². The molecular formula is C37H55N7O11S. The summed E-state index contributed by atoms with van der Waals surface area (Å²) in [5.41, 5.74) is 4.41. The van der Waals surface area contributed by atoms with Crippen molar-refractivity contribution in [1.29, 1.82) is 0 Å². The number of amides is 8. The fraction of sp³-hybridized carbons (Fsp3) is 0.568. The zero-order chi connectivity index (χ0) is 42.1. The van der Waals surface area contributed by atoms with Crippen LogP contribution < -0.4 is 32.3 Å². The highest BCUT2D eigenvalue weighted by Crippen LogP contribution is 2.18. The molecule has 1 aliphatic heterocycles. The lowest BCUT2D eigenvalue weighted by atomic mass is 9.99. The van der Waals surface area contributed by atoms with Gasteiger partial charge in [0.2, 0.25) is 23.6 Å². The van der Waals surface area contributed by atoms with Crippen LogP contribution in [0.3, 0.4) is 0 Å². The minimum absolute atomic E-state index is 0.00171. The van der Waals surface area contributed by atoms with Gasteiger partial charge in [-0.1, -0.05) is 38.6 Å². The summed E-state index contributed by atoms with van der Waals surface area (Å²) in [5, 5.41) is 12.7. The van der Waals surface area contributed by atoms with Gasteiger partial charge in [0.05, 0.1) is 18.8 Å². The molecule has 0 aromatic heterocycles. The van der Waals surface area contributed by atoms with Crippen LogP contribution in [0.2, 0.25) is 0 Å². The van der Waals surface area contributed by atoms with E-state index in [1.807, 2.05) is 0 Å². The average Bonchev–Trinajstić information content (AvgIpc) is 3.43. The van der Waals surface area contributed by atoms with E-state index in [2.05, 4.69) is 39.2 Å². The number of imide groups is 1. The predicted octanol–water partition coefficient (Wildman–Crippen LogP) is 2.03. The number of hydrogen-bond donors (Lipinski definition) is 7. The van der Waals surface area contributed by atoms with Gasteiger partial charge in [-0.2, -0.15) is 0 Å². The minimum atomic E-state index is -1.06. The lowest BCUT2D eigenvalue weighted by molar-refractivity contribution is -0.139. The second kappa shape index (κ2) is 22.5. The van der Waals surface area contributed by atoms with Gasteiger partial charge >= 0.3 is 11.3 Å². The quantitative estimate of drug-likeness (QED) is 0.0262. The third-order valence-electron chi connectivity index (χ3n) is 8.35. The number of primary amides is 1. The zero-order valence-corrected chi connectivity index (χ0v) is 33.6. The van der Waals surface area contributed by atoms with Crippen LogP contribution >= 0.6 is 12.6 Å². The summed E-state index contributed by atoms with van der Waals surface area (Å²) in [6, 6.07) is 3.79. The number of nitrogens with two attached hydrogens (primary N) is 1. The van der Waals surface area contributed by atoms with Crippen molar-refractivity contribution in [3.05, 3.63) is 42.0 Å². The molecule has 1 aromatic rings. The standard InChI is InChI=1S/C37H55N7O11S/c1-23(2)31(33(50)41-26(8-7-18-39-34(38)51)32(49)40-25-11-9-24(10-12-25)22-53-35(52)56)42-27(45)15-17-36(3,4)54-20-21-55-37(5,6)43-28(46)16-19-44-29(47)13-14-30(44)48/h9-14,23,26,31H,7-8,15-22H2,1-6H3,(H,40,49)(H,41,50)(H,42,45)(H,43,46)(H,52,56)(H3,38,39,51)/t26-,31?/m0/s1. The molecule has 0 fully saturated rings. The fourth-order valence-electron chi connectivity index (χ4n) is 5.29. The van der Waals surface area contributed by atoms with Crippen LogP contribution in [0.1, 0.15) is 79.2 Å². The molecule has 0 aliphatic carbocycles. The largest absolute Gasteiger partial charge is 0.453 e. The fourth-order valence-corrected chi connectivity index (χ4v) is 5.35. The first kappa shape index (κ1) is 47.1. The Morgan fingerprint density at radius 1 is 0.857 bits per heavy atom. The van der Waals surface area contributed by atoms with Gasteiger partial charge in [-0.05, 0) is 70.6 Å². The third-order valence-corrected chi connectivity index (χ3v) is 8.48.